The zero-order chi connectivity index (χ0) is 14.2. The molecule has 0 unspecified atom stereocenters. The van der Waals surface area contributed by atoms with Crippen LogP contribution >= 0.6 is 0 Å². The number of hydrogen-bond donors (Lipinski definition) is 2. The second-order valence-corrected chi connectivity index (χ2v) is 5.68. The molecule has 0 spiro atoms. The molecule has 2 aromatic rings. The lowest BCUT2D eigenvalue weighted by molar-refractivity contribution is 0.843. The summed E-state index contributed by atoms with van der Waals surface area (Å²) in [5.41, 5.74) is 8.50. The van der Waals surface area contributed by atoms with Gasteiger partial charge in [0.25, 0.3) is 0 Å². The molecule has 2 rings (SSSR count). The number of rotatable bonds is 3. The Bertz CT molecular complexity index is 600. The van der Waals surface area contributed by atoms with Gasteiger partial charge in [-0.15, -0.1) is 0 Å². The summed E-state index contributed by atoms with van der Waals surface area (Å²) in [6.07, 6.45) is 0. The fourth-order valence-corrected chi connectivity index (χ4v) is 2.77. The number of fused-ring (bicyclic) bond motifs is 1. The highest BCUT2D eigenvalue weighted by molar-refractivity contribution is 5.95. The fourth-order valence-electron chi connectivity index (χ4n) is 2.77. The third kappa shape index (κ3) is 2.30. The van der Waals surface area contributed by atoms with E-state index in [-0.39, 0.29) is 0 Å². The number of hydrogen-bond acceptors (Lipinski definition) is 3. The van der Waals surface area contributed by atoms with Crippen molar-refractivity contribution in [2.24, 2.45) is 5.84 Å². The molecule has 3 nitrogen and oxygen atoms in total. The van der Waals surface area contributed by atoms with E-state index in [1.807, 2.05) is 0 Å². The average Bonchev–Trinajstić information content (AvgIpc) is 2.35. The molecule has 1 aromatic heterocycles. The predicted molar refractivity (Wildman–Crippen MR) is 82.5 cm³/mol. The molecule has 0 atom stereocenters. The van der Waals surface area contributed by atoms with E-state index in [0.717, 1.165) is 22.3 Å². The number of nitrogens with two attached hydrogens (primary N) is 1. The van der Waals surface area contributed by atoms with E-state index in [1.54, 1.807) is 0 Å². The molecule has 0 amide bonds. The number of aromatic nitrogens is 1. The second kappa shape index (κ2) is 5.17. The topological polar surface area (TPSA) is 50.9 Å². The van der Waals surface area contributed by atoms with E-state index in [9.17, 15) is 0 Å². The molecule has 3 heteroatoms. The highest BCUT2D eigenvalue weighted by Crippen LogP contribution is 2.35. The summed E-state index contributed by atoms with van der Waals surface area (Å²) in [6, 6.07) is 6.32. The number of benzene rings is 1. The summed E-state index contributed by atoms with van der Waals surface area (Å²) < 4.78 is 0. The van der Waals surface area contributed by atoms with Crippen LogP contribution < -0.4 is 11.3 Å². The Kier molecular flexibility index (Phi) is 3.76. The molecule has 0 aliphatic rings. The molecule has 0 aliphatic heterocycles. The molecule has 19 heavy (non-hydrogen) atoms. The number of hydrazine groups is 1. The number of aryl methyl sites for hydroxylation is 1. The largest absolute Gasteiger partial charge is 0.323 e. The third-order valence-electron chi connectivity index (χ3n) is 3.62. The Labute approximate surface area is 115 Å². The number of nitrogens with zero attached hydrogens (tertiary/aromatic N) is 1. The van der Waals surface area contributed by atoms with Crippen molar-refractivity contribution in [1.29, 1.82) is 0 Å². The van der Waals surface area contributed by atoms with Gasteiger partial charge in [0.15, 0.2) is 0 Å². The quantitative estimate of drug-likeness (QED) is 0.643. The Morgan fingerprint density at radius 1 is 1.11 bits per heavy atom. The van der Waals surface area contributed by atoms with Gasteiger partial charge in [-0.2, -0.15) is 0 Å². The normalized spacial score (nSPS) is 11.6. The average molecular weight is 257 g/mol. The molecule has 0 fully saturated rings. The minimum absolute atomic E-state index is 0.394. The van der Waals surface area contributed by atoms with Crippen molar-refractivity contribution in [2.75, 3.05) is 5.43 Å². The number of nitrogen functional groups attached to an aromatic ring is 1. The lowest BCUT2D eigenvalue weighted by Gasteiger charge is -2.19. The van der Waals surface area contributed by atoms with Crippen LogP contribution in [0.15, 0.2) is 18.2 Å². The molecular weight excluding hydrogens is 234 g/mol. The molecule has 0 aliphatic carbocycles. The lowest BCUT2D eigenvalue weighted by Crippen LogP contribution is -2.13. The van der Waals surface area contributed by atoms with E-state index >= 15 is 0 Å². The third-order valence-corrected chi connectivity index (χ3v) is 3.62. The Morgan fingerprint density at radius 2 is 1.79 bits per heavy atom. The van der Waals surface area contributed by atoms with Crippen LogP contribution in [0, 0.1) is 6.92 Å². The SMILES string of the molecule is Cc1nc2c(C(C)C)cccc2c(NN)c1C(C)C. The van der Waals surface area contributed by atoms with Crippen LogP contribution in [0.3, 0.4) is 0 Å². The number of para-hydroxylation sites is 1. The van der Waals surface area contributed by atoms with Crippen LogP contribution in [0.4, 0.5) is 5.69 Å². The highest BCUT2D eigenvalue weighted by atomic mass is 15.2. The van der Waals surface area contributed by atoms with Crippen LogP contribution in [-0.2, 0) is 0 Å². The van der Waals surface area contributed by atoms with Gasteiger partial charge < -0.3 is 5.43 Å². The summed E-state index contributed by atoms with van der Waals surface area (Å²) >= 11 is 0. The van der Waals surface area contributed by atoms with E-state index in [2.05, 4.69) is 58.2 Å². The van der Waals surface area contributed by atoms with E-state index in [4.69, 9.17) is 10.8 Å². The summed E-state index contributed by atoms with van der Waals surface area (Å²) in [5.74, 6) is 6.62. The maximum absolute atomic E-state index is 5.77. The van der Waals surface area contributed by atoms with Crippen molar-refractivity contribution >= 4 is 16.6 Å². The van der Waals surface area contributed by atoms with Crippen LogP contribution in [0.5, 0.6) is 0 Å². The summed E-state index contributed by atoms with van der Waals surface area (Å²) in [6.45, 7) is 10.8. The van der Waals surface area contributed by atoms with Gasteiger partial charge in [-0.05, 0) is 24.3 Å². The minimum Gasteiger partial charge on any atom is -0.323 e. The van der Waals surface area contributed by atoms with Crippen molar-refractivity contribution in [3.63, 3.8) is 0 Å². The van der Waals surface area contributed by atoms with Gasteiger partial charge in [-0.3, -0.25) is 10.8 Å². The Hall–Kier alpha value is -1.61. The molecular formula is C16H23N3. The minimum atomic E-state index is 0.394. The smallest absolute Gasteiger partial charge is 0.0761 e. The van der Waals surface area contributed by atoms with Gasteiger partial charge in [0.1, 0.15) is 0 Å². The van der Waals surface area contributed by atoms with Crippen LogP contribution in [0.2, 0.25) is 0 Å². The molecule has 1 aromatic carbocycles. The predicted octanol–water partition coefficient (Wildman–Crippen LogP) is 4.08. The van der Waals surface area contributed by atoms with Gasteiger partial charge >= 0.3 is 0 Å². The Balaban J connectivity index is 2.88. The van der Waals surface area contributed by atoms with E-state index in [1.165, 1.54) is 11.1 Å². The van der Waals surface area contributed by atoms with E-state index in [0.29, 0.717) is 11.8 Å². The highest BCUT2D eigenvalue weighted by Gasteiger charge is 2.17. The summed E-state index contributed by atoms with van der Waals surface area (Å²) in [7, 11) is 0. The first-order valence-electron chi connectivity index (χ1n) is 6.87. The molecule has 0 saturated heterocycles. The van der Waals surface area contributed by atoms with Crippen molar-refractivity contribution in [3.05, 3.63) is 35.0 Å². The first-order chi connectivity index (χ1) is 8.97. The first kappa shape index (κ1) is 13.8. The fraction of sp³-hybridized carbons (Fsp3) is 0.438. The van der Waals surface area contributed by atoms with Gasteiger partial charge in [0.2, 0.25) is 0 Å². The van der Waals surface area contributed by atoms with Crippen LogP contribution in [-0.4, -0.2) is 4.98 Å². The molecule has 0 radical (unpaired) electrons. The van der Waals surface area contributed by atoms with Gasteiger partial charge in [-0.25, -0.2) is 0 Å². The van der Waals surface area contributed by atoms with Crippen molar-refractivity contribution in [3.8, 4) is 0 Å². The van der Waals surface area contributed by atoms with Crippen molar-refractivity contribution < 1.29 is 0 Å². The van der Waals surface area contributed by atoms with Crippen LogP contribution in [0.25, 0.3) is 10.9 Å². The zero-order valence-corrected chi connectivity index (χ0v) is 12.4. The van der Waals surface area contributed by atoms with E-state index < -0.39 is 0 Å². The molecule has 0 bridgehead atoms. The molecule has 0 saturated carbocycles. The van der Waals surface area contributed by atoms with Gasteiger partial charge in [0.05, 0.1) is 11.2 Å². The number of pyridine rings is 1. The number of anilines is 1. The molecule has 102 valence electrons. The van der Waals surface area contributed by atoms with Crippen LogP contribution in [0.1, 0.15) is 56.4 Å². The standard InChI is InChI=1S/C16H23N3/c1-9(2)12-7-6-8-13-15(12)18-11(5)14(10(3)4)16(13)19-17/h6-10H,17H2,1-5H3,(H,18,19). The van der Waals surface area contributed by atoms with Crippen molar-refractivity contribution in [1.82, 2.24) is 4.98 Å². The lowest BCUT2D eigenvalue weighted by atomic mass is 9.93. The summed E-state index contributed by atoms with van der Waals surface area (Å²) in [5, 5.41) is 1.11. The Morgan fingerprint density at radius 3 is 2.32 bits per heavy atom. The van der Waals surface area contributed by atoms with Gasteiger partial charge in [-0.1, -0.05) is 45.9 Å². The monoisotopic (exact) mass is 257 g/mol. The second-order valence-electron chi connectivity index (χ2n) is 5.68. The summed E-state index contributed by atoms with van der Waals surface area (Å²) in [4.78, 5) is 4.83. The molecule has 1 heterocycles. The maximum Gasteiger partial charge on any atom is 0.0761 e. The molecule has 3 N–H and O–H groups in total. The van der Waals surface area contributed by atoms with Crippen molar-refractivity contribution in [2.45, 2.75) is 46.5 Å². The van der Waals surface area contributed by atoms with Gasteiger partial charge in [0, 0.05) is 16.6 Å². The number of nitrogens with one attached hydrogen (secondary N) is 1. The first-order valence-corrected chi connectivity index (χ1v) is 6.87. The maximum atomic E-state index is 5.77. The zero-order valence-electron chi connectivity index (χ0n) is 12.4.